The molecule has 2 aromatic carbocycles. The number of hydrogen-bond donors (Lipinski definition) is 1. The third-order valence-electron chi connectivity index (χ3n) is 5.60. The van der Waals surface area contributed by atoms with Gasteiger partial charge in [0.1, 0.15) is 12.3 Å². The van der Waals surface area contributed by atoms with E-state index in [9.17, 15) is 4.79 Å². The number of aldehydes is 1. The molecule has 6 heteroatoms. The number of nitrogens with one attached hydrogen (secondary N) is 1. The molecular weight excluding hydrogens is 388 g/mol. The van der Waals surface area contributed by atoms with Crippen molar-refractivity contribution in [3.8, 4) is 11.3 Å². The Bertz CT molecular complexity index is 1080. The van der Waals surface area contributed by atoms with Crippen LogP contribution in [0.25, 0.3) is 17.3 Å². The lowest BCUT2D eigenvalue weighted by atomic mass is 9.96. The lowest BCUT2D eigenvalue weighted by Crippen LogP contribution is -2.47. The van der Waals surface area contributed by atoms with Crippen LogP contribution in [0.5, 0.6) is 0 Å². The van der Waals surface area contributed by atoms with Gasteiger partial charge in [-0.25, -0.2) is 9.99 Å². The largest absolute Gasteiger partial charge is 0.379 e. The maximum absolute atomic E-state index is 12.0. The van der Waals surface area contributed by atoms with Crippen molar-refractivity contribution in [2.24, 2.45) is 0 Å². The minimum atomic E-state index is -0.459. The monoisotopic (exact) mass is 412 g/mol. The van der Waals surface area contributed by atoms with Crippen molar-refractivity contribution in [3.63, 3.8) is 0 Å². The van der Waals surface area contributed by atoms with E-state index in [1.54, 1.807) is 0 Å². The van der Waals surface area contributed by atoms with Gasteiger partial charge in [-0.15, -0.1) is 0 Å². The molecule has 1 N–H and O–H groups in total. The molecule has 2 aliphatic rings. The molecule has 0 saturated carbocycles. The summed E-state index contributed by atoms with van der Waals surface area (Å²) >= 11 is 0. The summed E-state index contributed by atoms with van der Waals surface area (Å²) < 4.78 is 5.60. The first kappa shape index (κ1) is 19.5. The van der Waals surface area contributed by atoms with Gasteiger partial charge in [0.15, 0.2) is 5.82 Å². The number of hydrogen-bond acceptors (Lipinski definition) is 6. The second kappa shape index (κ2) is 8.71. The number of carbonyl (C=O) groups is 1. The Morgan fingerprint density at radius 2 is 1.74 bits per heavy atom. The molecule has 1 fully saturated rings. The molecule has 2 aliphatic heterocycles. The van der Waals surface area contributed by atoms with Gasteiger partial charge in [-0.2, -0.15) is 0 Å². The van der Waals surface area contributed by atoms with Crippen LogP contribution in [-0.4, -0.2) is 42.6 Å². The third kappa shape index (κ3) is 3.83. The molecule has 1 unspecified atom stereocenters. The highest BCUT2D eigenvalue weighted by molar-refractivity contribution is 5.80. The Balaban J connectivity index is 1.74. The number of aromatic nitrogens is 1. The highest BCUT2D eigenvalue weighted by atomic mass is 16.5. The van der Waals surface area contributed by atoms with Crippen molar-refractivity contribution in [3.05, 3.63) is 84.1 Å². The number of pyridine rings is 1. The summed E-state index contributed by atoms with van der Waals surface area (Å²) in [6, 6.07) is 21.9. The highest BCUT2D eigenvalue weighted by Crippen LogP contribution is 2.38. The molecule has 0 spiro atoms. The molecule has 6 nitrogen and oxygen atoms in total. The molecule has 5 rings (SSSR count). The van der Waals surface area contributed by atoms with Crippen LogP contribution < -0.4 is 10.3 Å². The average Bonchev–Trinajstić information content (AvgIpc) is 2.85. The van der Waals surface area contributed by atoms with E-state index in [0.29, 0.717) is 13.2 Å². The maximum Gasteiger partial charge on any atom is 0.154 e. The number of ether oxygens (including phenoxy) is 1. The first-order valence-electron chi connectivity index (χ1n) is 10.5. The number of fused-ring (bicyclic) bond motifs is 1. The molecule has 156 valence electrons. The molecule has 3 aromatic rings. The van der Waals surface area contributed by atoms with Gasteiger partial charge in [-0.05, 0) is 36.0 Å². The quantitative estimate of drug-likeness (QED) is 0.641. The average molecular weight is 412 g/mol. The van der Waals surface area contributed by atoms with Crippen molar-refractivity contribution in [2.75, 3.05) is 31.3 Å². The van der Waals surface area contributed by atoms with Crippen molar-refractivity contribution >= 4 is 23.9 Å². The molecule has 3 heterocycles. The van der Waals surface area contributed by atoms with E-state index in [1.807, 2.05) is 48.7 Å². The topological polar surface area (TPSA) is 57.7 Å². The summed E-state index contributed by atoms with van der Waals surface area (Å²) in [7, 11) is 0. The Hall–Kier alpha value is -3.48. The van der Waals surface area contributed by atoms with Crippen LogP contribution in [-0.2, 0) is 9.53 Å². The molecule has 0 aliphatic carbocycles. The van der Waals surface area contributed by atoms with E-state index in [0.717, 1.165) is 53.3 Å². The van der Waals surface area contributed by atoms with Crippen LogP contribution in [0.3, 0.4) is 0 Å². The van der Waals surface area contributed by atoms with Gasteiger partial charge in [-0.3, -0.25) is 5.01 Å². The Kier molecular flexibility index (Phi) is 5.48. The second-order valence-corrected chi connectivity index (χ2v) is 7.53. The number of carbonyl (C=O) groups excluding carboxylic acids is 1. The van der Waals surface area contributed by atoms with E-state index in [4.69, 9.17) is 9.72 Å². The highest BCUT2D eigenvalue weighted by Gasteiger charge is 2.30. The minimum Gasteiger partial charge on any atom is -0.379 e. The summed E-state index contributed by atoms with van der Waals surface area (Å²) in [6.07, 6.45) is 4.79. The summed E-state index contributed by atoms with van der Waals surface area (Å²) in [5.41, 5.74) is 4.79. The molecule has 0 bridgehead atoms. The number of anilines is 2. The van der Waals surface area contributed by atoms with Crippen LogP contribution in [0.15, 0.2) is 72.9 Å². The van der Waals surface area contributed by atoms with Gasteiger partial charge in [0.05, 0.1) is 24.6 Å². The number of rotatable bonds is 5. The van der Waals surface area contributed by atoms with E-state index >= 15 is 0 Å². The first-order valence-corrected chi connectivity index (χ1v) is 10.5. The number of nitrogens with zero attached hydrogens (tertiary/aromatic N) is 3. The predicted molar refractivity (Wildman–Crippen MR) is 122 cm³/mol. The van der Waals surface area contributed by atoms with Crippen molar-refractivity contribution in [1.29, 1.82) is 0 Å². The molecule has 0 amide bonds. The van der Waals surface area contributed by atoms with Gasteiger partial charge < -0.3 is 14.8 Å². The molecule has 1 saturated heterocycles. The Labute approximate surface area is 181 Å². The molecule has 0 radical (unpaired) electrons. The summed E-state index contributed by atoms with van der Waals surface area (Å²) in [5, 5.41) is 7.57. The van der Waals surface area contributed by atoms with Crippen molar-refractivity contribution < 1.29 is 9.53 Å². The van der Waals surface area contributed by atoms with Gasteiger partial charge in [0, 0.05) is 24.2 Å². The number of para-hydroxylation sites is 1. The molecule has 31 heavy (non-hydrogen) atoms. The summed E-state index contributed by atoms with van der Waals surface area (Å²) in [6.45, 7) is 2.80. The van der Waals surface area contributed by atoms with Crippen LogP contribution >= 0.6 is 0 Å². The van der Waals surface area contributed by atoms with Crippen molar-refractivity contribution in [1.82, 2.24) is 15.3 Å². The van der Waals surface area contributed by atoms with Crippen LogP contribution in [0, 0.1) is 0 Å². The smallest absolute Gasteiger partial charge is 0.154 e. The maximum atomic E-state index is 12.0. The zero-order chi connectivity index (χ0) is 21.0. The summed E-state index contributed by atoms with van der Waals surface area (Å²) in [4.78, 5) is 17.1. The molecule has 1 aromatic heterocycles. The van der Waals surface area contributed by atoms with E-state index < -0.39 is 6.04 Å². The number of benzene rings is 2. The Morgan fingerprint density at radius 1 is 1.03 bits per heavy atom. The van der Waals surface area contributed by atoms with Gasteiger partial charge in [0.2, 0.25) is 0 Å². The minimum absolute atomic E-state index is 0.459. The van der Waals surface area contributed by atoms with Crippen molar-refractivity contribution in [2.45, 2.75) is 6.04 Å². The first-order chi connectivity index (χ1) is 15.3. The van der Waals surface area contributed by atoms with Crippen LogP contribution in [0.1, 0.15) is 17.2 Å². The number of morpholine rings is 1. The Morgan fingerprint density at radius 3 is 2.45 bits per heavy atom. The fraction of sp³-hybridized carbons (Fsp3) is 0.200. The predicted octanol–water partition coefficient (Wildman–Crippen LogP) is 3.95. The fourth-order valence-corrected chi connectivity index (χ4v) is 4.11. The van der Waals surface area contributed by atoms with E-state index in [1.165, 1.54) is 0 Å². The van der Waals surface area contributed by atoms with Crippen LogP contribution in [0.4, 0.5) is 11.5 Å². The number of hydrazine groups is 1. The van der Waals surface area contributed by atoms with E-state index in [-0.39, 0.29) is 0 Å². The SMILES string of the molecule is O=CC1NC=Cc2cc(-c3ccccc3)nc(N(c3ccccc3)N3CCOCC3)c21. The zero-order valence-electron chi connectivity index (χ0n) is 17.1. The lowest BCUT2D eigenvalue weighted by Gasteiger charge is -2.40. The molecular formula is C25H24N4O2. The van der Waals surface area contributed by atoms with Crippen LogP contribution in [0.2, 0.25) is 0 Å². The van der Waals surface area contributed by atoms with Gasteiger partial charge in [0.25, 0.3) is 0 Å². The lowest BCUT2D eigenvalue weighted by molar-refractivity contribution is -0.109. The summed E-state index contributed by atoms with van der Waals surface area (Å²) in [5.74, 6) is 0.762. The molecule has 1 atom stereocenters. The van der Waals surface area contributed by atoms with E-state index in [2.05, 4.69) is 45.7 Å². The third-order valence-corrected chi connectivity index (χ3v) is 5.60. The standard InChI is InChI=1S/C25H24N4O2/c30-18-23-24-20(11-12-26-23)17-22(19-7-3-1-4-8-19)27-25(24)29(21-9-5-2-6-10-21)28-13-15-31-16-14-28/h1-12,17-18,23,26H,13-16H2. The second-order valence-electron chi connectivity index (χ2n) is 7.53. The normalized spacial score (nSPS) is 18.1. The fourth-order valence-electron chi connectivity index (χ4n) is 4.11. The zero-order valence-corrected chi connectivity index (χ0v) is 17.1. The van der Waals surface area contributed by atoms with Gasteiger partial charge in [-0.1, -0.05) is 48.5 Å². The van der Waals surface area contributed by atoms with Gasteiger partial charge >= 0.3 is 0 Å².